The summed E-state index contributed by atoms with van der Waals surface area (Å²) in [7, 11) is 1.73. The van der Waals surface area contributed by atoms with Crippen LogP contribution in [0.5, 0.6) is 0 Å². The SMILES string of the molecule is C=C(C)CC[C@H](O)C(=O)N[C@H](CCCC)OCO.CC[C@@H](C)OC.CC[C@H](O)C[C@H](O)CCCC\C=C/C=C\C=C\C(=O)N[C@@H](CCCN=C(N)N)C(=O)O. The lowest BCUT2D eigenvalue weighted by atomic mass is 10.0. The number of rotatable bonds is 29. The summed E-state index contributed by atoms with van der Waals surface area (Å²) < 4.78 is 9.88. The van der Waals surface area contributed by atoms with Crippen molar-refractivity contribution in [1.29, 1.82) is 0 Å². The Balaban J connectivity index is -0.000000942. The summed E-state index contributed by atoms with van der Waals surface area (Å²) in [5.74, 6) is -2.12. The number of aliphatic hydroxyl groups excluding tert-OH is 4. The van der Waals surface area contributed by atoms with Crippen LogP contribution < -0.4 is 22.1 Å². The number of carbonyl (C=O) groups excluding carboxylic acids is 2. The Labute approximate surface area is 330 Å². The molecule has 0 aromatic heterocycles. The zero-order chi connectivity index (χ0) is 42.4. The van der Waals surface area contributed by atoms with E-state index in [1.807, 2.05) is 32.9 Å². The van der Waals surface area contributed by atoms with E-state index >= 15 is 0 Å². The number of hydrogen-bond donors (Lipinski definition) is 9. The molecule has 6 atom stereocenters. The minimum atomic E-state index is -1.11. The summed E-state index contributed by atoms with van der Waals surface area (Å²) in [5.41, 5.74) is 11.3. The van der Waals surface area contributed by atoms with E-state index in [2.05, 4.69) is 36.1 Å². The molecule has 0 aliphatic carbocycles. The van der Waals surface area contributed by atoms with Crippen molar-refractivity contribution in [2.24, 2.45) is 16.5 Å². The maximum Gasteiger partial charge on any atom is 0.326 e. The van der Waals surface area contributed by atoms with Crippen molar-refractivity contribution in [2.75, 3.05) is 20.4 Å². The van der Waals surface area contributed by atoms with Crippen molar-refractivity contribution in [1.82, 2.24) is 10.6 Å². The number of carboxylic acid groups (broad SMARTS) is 1. The first-order valence-corrected chi connectivity index (χ1v) is 19.4. The fraction of sp³-hybridized carbons (Fsp3) is 0.700. The van der Waals surface area contributed by atoms with Crippen LogP contribution in [0.3, 0.4) is 0 Å². The van der Waals surface area contributed by atoms with Gasteiger partial charge in [-0.25, -0.2) is 4.79 Å². The number of aliphatic imine (C=N–C) groups is 1. The van der Waals surface area contributed by atoms with Crippen LogP contribution in [0, 0.1) is 0 Å². The molecule has 0 rings (SSSR count). The molecule has 55 heavy (non-hydrogen) atoms. The van der Waals surface area contributed by atoms with Crippen molar-refractivity contribution in [2.45, 2.75) is 161 Å². The lowest BCUT2D eigenvalue weighted by Crippen LogP contribution is -2.43. The minimum Gasteiger partial charge on any atom is -0.480 e. The zero-order valence-corrected chi connectivity index (χ0v) is 34.3. The van der Waals surface area contributed by atoms with Gasteiger partial charge in [0.15, 0.2) is 5.96 Å². The van der Waals surface area contributed by atoms with Gasteiger partial charge < -0.3 is 57.1 Å². The maximum absolute atomic E-state index is 11.8. The Morgan fingerprint density at radius 2 is 1.55 bits per heavy atom. The number of nitrogens with zero attached hydrogens (tertiary/aromatic N) is 1. The maximum atomic E-state index is 11.8. The third-order valence-electron chi connectivity index (χ3n) is 7.97. The Morgan fingerprint density at radius 1 is 0.873 bits per heavy atom. The highest BCUT2D eigenvalue weighted by atomic mass is 16.6. The number of guanidine groups is 1. The molecular weight excluding hydrogens is 710 g/mol. The molecule has 2 amide bonds. The van der Waals surface area contributed by atoms with Crippen LogP contribution in [0.1, 0.15) is 125 Å². The molecule has 0 spiro atoms. The van der Waals surface area contributed by atoms with Gasteiger partial charge in [-0.15, -0.1) is 6.58 Å². The molecule has 0 saturated carbocycles. The van der Waals surface area contributed by atoms with E-state index in [9.17, 15) is 29.7 Å². The lowest BCUT2D eigenvalue weighted by molar-refractivity contribution is -0.141. The van der Waals surface area contributed by atoms with E-state index in [4.69, 9.17) is 31.2 Å². The number of nitrogens with one attached hydrogen (secondary N) is 2. The highest BCUT2D eigenvalue weighted by molar-refractivity contribution is 5.91. The van der Waals surface area contributed by atoms with Crippen molar-refractivity contribution in [3.63, 3.8) is 0 Å². The van der Waals surface area contributed by atoms with Gasteiger partial charge in [0.1, 0.15) is 25.2 Å². The molecule has 320 valence electrons. The van der Waals surface area contributed by atoms with Gasteiger partial charge in [0, 0.05) is 19.7 Å². The Kier molecular flexibility index (Phi) is 39.2. The zero-order valence-electron chi connectivity index (χ0n) is 34.3. The quantitative estimate of drug-likeness (QED) is 0.00988. The molecule has 0 heterocycles. The Hall–Kier alpha value is -3.60. The van der Waals surface area contributed by atoms with Crippen molar-refractivity contribution >= 4 is 23.7 Å². The predicted molar refractivity (Wildman–Crippen MR) is 219 cm³/mol. The summed E-state index contributed by atoms with van der Waals surface area (Å²) in [6, 6.07) is -1.00. The number of carbonyl (C=O) groups is 3. The summed E-state index contributed by atoms with van der Waals surface area (Å²) in [6.45, 7) is 13.5. The van der Waals surface area contributed by atoms with Crippen LogP contribution in [0.4, 0.5) is 0 Å². The largest absolute Gasteiger partial charge is 0.480 e. The number of hydrogen-bond acceptors (Lipinski definition) is 10. The van der Waals surface area contributed by atoms with Crippen molar-refractivity contribution in [3.05, 3.63) is 48.6 Å². The smallest absolute Gasteiger partial charge is 0.326 e. The second-order valence-electron chi connectivity index (χ2n) is 13.2. The van der Waals surface area contributed by atoms with Gasteiger partial charge in [0.2, 0.25) is 5.91 Å². The normalized spacial score (nSPS) is 14.4. The molecule has 0 radical (unpaired) electrons. The average molecular weight is 786 g/mol. The second kappa shape index (κ2) is 38.7. The number of aliphatic carboxylic acids is 1. The second-order valence-corrected chi connectivity index (χ2v) is 13.2. The fourth-order valence-corrected chi connectivity index (χ4v) is 4.28. The van der Waals surface area contributed by atoms with Crippen LogP contribution in [0.2, 0.25) is 0 Å². The van der Waals surface area contributed by atoms with Gasteiger partial charge in [-0.05, 0) is 90.9 Å². The number of nitrogens with two attached hydrogens (primary N) is 2. The standard InChI is InChI=1S/C22H38N4O5.C13H25NO4.C5H12O/c1-2-17(27)16-18(28)12-9-7-5-3-4-6-8-10-14-20(29)26-19(21(30)31)13-11-15-25-22(23)24;1-4-5-6-12(18-9-15)14-13(17)11(16)8-7-10(2)3;1-4-5(2)6-3/h3-4,6,8,10,14,17-19,27-28H,2,5,7,9,11-13,15-16H2,1H3,(H,26,29)(H,30,31)(H4,23,24,25);11-12,15-16H,2,4-9H2,1,3H3,(H,14,17);5H,4H2,1-3H3/b4-3-,8-6-,14-10+;;/t17-,18+,19-;11-,12-;5-/m001/s1. The van der Waals surface area contributed by atoms with Gasteiger partial charge in [0.05, 0.1) is 18.3 Å². The number of amides is 2. The van der Waals surface area contributed by atoms with E-state index in [-0.39, 0.29) is 12.4 Å². The predicted octanol–water partition coefficient (Wildman–Crippen LogP) is 4.09. The van der Waals surface area contributed by atoms with Gasteiger partial charge in [-0.3, -0.25) is 14.6 Å². The number of ether oxygens (including phenoxy) is 2. The molecule has 0 aromatic rings. The third kappa shape index (κ3) is 39.9. The first-order chi connectivity index (χ1) is 26.1. The first-order valence-electron chi connectivity index (χ1n) is 19.4. The fourth-order valence-electron chi connectivity index (χ4n) is 4.28. The van der Waals surface area contributed by atoms with Gasteiger partial charge in [0.25, 0.3) is 5.91 Å². The molecule has 15 heteroatoms. The summed E-state index contributed by atoms with van der Waals surface area (Å²) in [5, 5.41) is 51.8. The third-order valence-corrected chi connectivity index (χ3v) is 7.97. The van der Waals surface area contributed by atoms with Crippen LogP contribution in [0.15, 0.2) is 53.6 Å². The molecule has 11 N–H and O–H groups in total. The molecule has 0 fully saturated rings. The summed E-state index contributed by atoms with van der Waals surface area (Å²) >= 11 is 0. The molecule has 0 aliphatic rings. The summed E-state index contributed by atoms with van der Waals surface area (Å²) in [6.07, 6.45) is 17.7. The van der Waals surface area contributed by atoms with Crippen LogP contribution in [-0.2, 0) is 23.9 Å². The van der Waals surface area contributed by atoms with Crippen LogP contribution in [0.25, 0.3) is 0 Å². The van der Waals surface area contributed by atoms with Crippen molar-refractivity contribution in [3.8, 4) is 0 Å². The van der Waals surface area contributed by atoms with E-state index in [0.29, 0.717) is 57.6 Å². The monoisotopic (exact) mass is 786 g/mol. The number of aliphatic hydroxyl groups is 4. The average Bonchev–Trinajstić information content (AvgIpc) is 3.14. The molecule has 0 aliphatic heterocycles. The first kappa shape index (κ1) is 55.7. The van der Waals surface area contributed by atoms with Crippen LogP contribution in [-0.4, -0.2) is 106 Å². The topological polar surface area (TPSA) is 259 Å². The highest BCUT2D eigenvalue weighted by Crippen LogP contribution is 2.11. The highest BCUT2D eigenvalue weighted by Gasteiger charge is 2.19. The molecule has 0 saturated heterocycles. The lowest BCUT2D eigenvalue weighted by Gasteiger charge is -2.20. The van der Waals surface area contributed by atoms with Gasteiger partial charge >= 0.3 is 5.97 Å². The van der Waals surface area contributed by atoms with Gasteiger partial charge in [-0.2, -0.15) is 0 Å². The number of carboxylic acids is 1. The van der Waals surface area contributed by atoms with E-state index in [1.54, 1.807) is 19.3 Å². The number of unbranched alkanes of at least 4 members (excludes halogenated alkanes) is 3. The van der Waals surface area contributed by atoms with E-state index < -0.39 is 55.2 Å². The molecule has 0 unspecified atom stereocenters. The molecule has 0 bridgehead atoms. The number of allylic oxidation sites excluding steroid dienone is 6. The molecule has 15 nitrogen and oxygen atoms in total. The summed E-state index contributed by atoms with van der Waals surface area (Å²) in [4.78, 5) is 38.5. The van der Waals surface area contributed by atoms with Crippen molar-refractivity contribution < 1.29 is 49.4 Å². The van der Waals surface area contributed by atoms with Crippen LogP contribution >= 0.6 is 0 Å². The Morgan fingerprint density at radius 3 is 2.07 bits per heavy atom. The van der Waals surface area contributed by atoms with Gasteiger partial charge in [-0.1, -0.05) is 69.6 Å². The van der Waals surface area contributed by atoms with E-state index in [0.717, 1.165) is 44.1 Å². The molecule has 0 aromatic carbocycles. The number of methoxy groups -OCH3 is 1. The molecular formula is C40H75N5O10. The Bertz CT molecular complexity index is 1110. The van der Waals surface area contributed by atoms with E-state index in [1.165, 1.54) is 12.2 Å². The minimum absolute atomic E-state index is 0.0540.